The number of nitrogens with zero attached hydrogens (tertiary/aromatic N) is 2. The molecule has 2 rings (SSSR count). The third kappa shape index (κ3) is 8.38. The highest BCUT2D eigenvalue weighted by Crippen LogP contribution is 2.14. The highest BCUT2D eigenvalue weighted by atomic mass is 32.2. The zero-order chi connectivity index (χ0) is 14.6. The van der Waals surface area contributed by atoms with E-state index in [4.69, 9.17) is 0 Å². The summed E-state index contributed by atoms with van der Waals surface area (Å²) in [6, 6.07) is 6.24. The molecule has 118 valence electrons. The Morgan fingerprint density at radius 1 is 0.857 bits per heavy atom. The van der Waals surface area contributed by atoms with E-state index in [1.807, 2.05) is 12.3 Å². The van der Waals surface area contributed by atoms with Gasteiger partial charge >= 0.3 is 0 Å². The summed E-state index contributed by atoms with van der Waals surface area (Å²) in [7, 11) is 0. The Morgan fingerprint density at radius 3 is 2.05 bits per heavy atom. The molecule has 0 spiro atoms. The van der Waals surface area contributed by atoms with Crippen molar-refractivity contribution in [3.63, 3.8) is 0 Å². The third-order valence-corrected chi connectivity index (χ3v) is 7.02. The van der Waals surface area contributed by atoms with Crippen molar-refractivity contribution in [3.05, 3.63) is 30.1 Å². The molecule has 2 nitrogen and oxygen atoms in total. The Labute approximate surface area is 142 Å². The number of thioether (sulfide) groups is 3. The standard InChI is InChI=1S/C16H26N2S3/c1-2-6-17-16(5-1)15-18-7-3-9-19-11-13-21-14-12-20-10-4-8-18/h1-2,5-6H,3-4,7-15H2. The van der Waals surface area contributed by atoms with Gasteiger partial charge in [-0.05, 0) is 49.6 Å². The van der Waals surface area contributed by atoms with Crippen LogP contribution >= 0.6 is 35.3 Å². The van der Waals surface area contributed by atoms with Crippen LogP contribution in [0.25, 0.3) is 0 Å². The van der Waals surface area contributed by atoms with Gasteiger partial charge in [-0.15, -0.1) is 0 Å². The van der Waals surface area contributed by atoms with Gasteiger partial charge in [0.1, 0.15) is 0 Å². The topological polar surface area (TPSA) is 16.1 Å². The lowest BCUT2D eigenvalue weighted by molar-refractivity contribution is 0.265. The lowest BCUT2D eigenvalue weighted by Gasteiger charge is -2.22. The Hall–Kier alpha value is 0.160. The molecule has 21 heavy (non-hydrogen) atoms. The van der Waals surface area contributed by atoms with Crippen LogP contribution in [0.4, 0.5) is 0 Å². The molecule has 1 aliphatic rings. The molecule has 1 saturated heterocycles. The molecule has 0 aliphatic carbocycles. The first-order valence-corrected chi connectivity index (χ1v) is 11.3. The summed E-state index contributed by atoms with van der Waals surface area (Å²) in [4.78, 5) is 7.06. The smallest absolute Gasteiger partial charge is 0.0543 e. The van der Waals surface area contributed by atoms with Gasteiger partial charge in [-0.3, -0.25) is 9.88 Å². The maximum atomic E-state index is 4.47. The number of hydrogen-bond acceptors (Lipinski definition) is 5. The lowest BCUT2D eigenvalue weighted by atomic mass is 10.3. The van der Waals surface area contributed by atoms with E-state index in [1.54, 1.807) is 0 Å². The van der Waals surface area contributed by atoms with Crippen molar-refractivity contribution >= 4 is 35.3 Å². The summed E-state index contributed by atoms with van der Waals surface area (Å²) in [5.74, 6) is 7.87. The van der Waals surface area contributed by atoms with Crippen LogP contribution in [0.5, 0.6) is 0 Å². The SMILES string of the molecule is c1ccc(CN2CCCSCCSCCSCCC2)nc1. The van der Waals surface area contributed by atoms with Crippen LogP contribution in [0.3, 0.4) is 0 Å². The van der Waals surface area contributed by atoms with Gasteiger partial charge in [0, 0.05) is 35.8 Å². The van der Waals surface area contributed by atoms with Gasteiger partial charge in [0.2, 0.25) is 0 Å². The second-order valence-electron chi connectivity index (χ2n) is 5.14. The normalized spacial score (nSPS) is 20.8. The molecule has 1 aromatic heterocycles. The maximum Gasteiger partial charge on any atom is 0.0543 e. The van der Waals surface area contributed by atoms with Crippen molar-refractivity contribution in [1.29, 1.82) is 0 Å². The van der Waals surface area contributed by atoms with Gasteiger partial charge < -0.3 is 0 Å². The van der Waals surface area contributed by atoms with Crippen LogP contribution in [0.15, 0.2) is 24.4 Å². The quantitative estimate of drug-likeness (QED) is 0.808. The van der Waals surface area contributed by atoms with E-state index >= 15 is 0 Å². The van der Waals surface area contributed by atoms with E-state index in [0.717, 1.165) is 6.54 Å². The molecule has 0 N–H and O–H groups in total. The van der Waals surface area contributed by atoms with Gasteiger partial charge in [0.05, 0.1) is 5.69 Å². The molecule has 0 radical (unpaired) electrons. The molecule has 5 heteroatoms. The molecule has 0 aromatic carbocycles. The minimum absolute atomic E-state index is 1.01. The molecule has 0 unspecified atom stereocenters. The maximum absolute atomic E-state index is 4.47. The molecular formula is C16H26N2S3. The molecular weight excluding hydrogens is 316 g/mol. The average molecular weight is 343 g/mol. The van der Waals surface area contributed by atoms with E-state index in [2.05, 4.69) is 57.3 Å². The van der Waals surface area contributed by atoms with E-state index < -0.39 is 0 Å². The summed E-state index contributed by atoms with van der Waals surface area (Å²) in [5.41, 5.74) is 1.20. The fourth-order valence-corrected chi connectivity index (χ4v) is 5.48. The molecule has 0 saturated carbocycles. The molecule has 0 amide bonds. The monoisotopic (exact) mass is 342 g/mol. The molecule has 2 heterocycles. The van der Waals surface area contributed by atoms with Gasteiger partial charge in [-0.2, -0.15) is 35.3 Å². The summed E-state index contributed by atoms with van der Waals surface area (Å²) >= 11 is 6.36. The van der Waals surface area contributed by atoms with Crippen molar-refractivity contribution in [2.45, 2.75) is 19.4 Å². The van der Waals surface area contributed by atoms with Crippen molar-refractivity contribution in [3.8, 4) is 0 Å². The highest BCUT2D eigenvalue weighted by molar-refractivity contribution is 8.04. The number of hydrogen-bond donors (Lipinski definition) is 0. The van der Waals surface area contributed by atoms with Crippen LogP contribution in [-0.2, 0) is 6.54 Å². The molecule has 0 atom stereocenters. The van der Waals surface area contributed by atoms with Crippen LogP contribution < -0.4 is 0 Å². The number of rotatable bonds is 2. The van der Waals surface area contributed by atoms with Crippen molar-refractivity contribution < 1.29 is 0 Å². The predicted molar refractivity (Wildman–Crippen MR) is 101 cm³/mol. The molecule has 1 aliphatic heterocycles. The van der Waals surface area contributed by atoms with Crippen LogP contribution in [0.1, 0.15) is 18.5 Å². The summed E-state index contributed by atoms with van der Waals surface area (Å²) < 4.78 is 0. The fourth-order valence-electron chi connectivity index (χ4n) is 2.31. The Balaban J connectivity index is 1.78. The first-order chi connectivity index (χ1) is 10.4. The minimum atomic E-state index is 1.01. The van der Waals surface area contributed by atoms with Crippen molar-refractivity contribution in [2.75, 3.05) is 47.6 Å². The highest BCUT2D eigenvalue weighted by Gasteiger charge is 2.07. The van der Waals surface area contributed by atoms with E-state index in [0.29, 0.717) is 0 Å². The van der Waals surface area contributed by atoms with E-state index in [1.165, 1.54) is 66.1 Å². The first kappa shape index (κ1) is 17.5. The largest absolute Gasteiger partial charge is 0.297 e. The zero-order valence-corrected chi connectivity index (χ0v) is 15.2. The molecule has 0 bridgehead atoms. The Morgan fingerprint density at radius 2 is 1.48 bits per heavy atom. The summed E-state index contributed by atoms with van der Waals surface area (Å²) in [6.07, 6.45) is 4.51. The summed E-state index contributed by atoms with van der Waals surface area (Å²) in [6.45, 7) is 3.43. The minimum Gasteiger partial charge on any atom is -0.297 e. The van der Waals surface area contributed by atoms with Crippen LogP contribution in [0.2, 0.25) is 0 Å². The van der Waals surface area contributed by atoms with Crippen LogP contribution in [0, 0.1) is 0 Å². The number of aromatic nitrogens is 1. The Kier molecular flexibility index (Phi) is 9.75. The lowest BCUT2D eigenvalue weighted by Crippen LogP contribution is -2.27. The van der Waals surface area contributed by atoms with Gasteiger partial charge in [-0.25, -0.2) is 0 Å². The van der Waals surface area contributed by atoms with E-state index in [9.17, 15) is 0 Å². The fraction of sp³-hybridized carbons (Fsp3) is 0.688. The van der Waals surface area contributed by atoms with Gasteiger partial charge in [0.15, 0.2) is 0 Å². The Bertz CT molecular complexity index is 348. The number of pyridine rings is 1. The van der Waals surface area contributed by atoms with Gasteiger partial charge in [-0.1, -0.05) is 6.07 Å². The van der Waals surface area contributed by atoms with Gasteiger partial charge in [0.25, 0.3) is 0 Å². The second kappa shape index (κ2) is 11.7. The molecule has 1 fully saturated rings. The second-order valence-corrected chi connectivity index (χ2v) is 8.82. The molecule has 1 aromatic rings. The summed E-state index contributed by atoms with van der Waals surface area (Å²) in [5, 5.41) is 0. The van der Waals surface area contributed by atoms with Crippen molar-refractivity contribution in [2.24, 2.45) is 0 Å². The average Bonchev–Trinajstić information content (AvgIpc) is 2.52. The van der Waals surface area contributed by atoms with Crippen LogP contribution in [-0.4, -0.2) is 57.5 Å². The first-order valence-electron chi connectivity index (χ1n) is 7.80. The predicted octanol–water partition coefficient (Wildman–Crippen LogP) is 3.88. The third-order valence-electron chi connectivity index (χ3n) is 3.38. The van der Waals surface area contributed by atoms with E-state index in [-0.39, 0.29) is 0 Å². The zero-order valence-electron chi connectivity index (χ0n) is 12.7. The van der Waals surface area contributed by atoms with Crippen molar-refractivity contribution in [1.82, 2.24) is 9.88 Å².